The van der Waals surface area contributed by atoms with Gasteiger partial charge in [0, 0.05) is 18.6 Å². The minimum Gasteiger partial charge on any atom is -0.400 e. The fraction of sp³-hybridized carbons (Fsp3) is 0.240. The van der Waals surface area contributed by atoms with Gasteiger partial charge < -0.3 is 42.9 Å². The van der Waals surface area contributed by atoms with E-state index in [-0.39, 0.29) is 20.1 Å². The molecular weight excluding hydrogens is 1260 g/mol. The van der Waals surface area contributed by atoms with E-state index in [1.165, 1.54) is 0 Å². The van der Waals surface area contributed by atoms with E-state index in [4.69, 9.17) is 42.9 Å². The molecule has 13 rings (SSSR count). The van der Waals surface area contributed by atoms with Crippen molar-refractivity contribution >= 4 is 37.7 Å². The minimum absolute atomic E-state index is 0. The van der Waals surface area contributed by atoms with Gasteiger partial charge in [0.25, 0.3) is 0 Å². The van der Waals surface area contributed by atoms with Crippen LogP contribution in [0.15, 0.2) is 201 Å². The topological polar surface area (TPSA) is 94.1 Å². The van der Waals surface area contributed by atoms with Crippen LogP contribution in [-0.4, -0.2) is 69.9 Å². The van der Waals surface area contributed by atoms with Crippen molar-refractivity contribution in [2.45, 2.75) is 117 Å². The molecule has 3 aliphatic rings. The third-order valence-corrected chi connectivity index (χ3v) is 18.8. The summed E-state index contributed by atoms with van der Waals surface area (Å²) in [5.41, 5.74) is 17.5. The SMILES string of the molecule is CC1(C)OB(c2cc[c-]c(-c3ccc(-c4ccccc4-c4cc(-c5ccccc5-c5ccc(-c6[c-]ccc(B7OC(C)(C)C(C)(C)O7)c6)nc5)cc(-c5ccccc5-c5ccc(-c6[c-]ccc(B7OC(C)(C)C(C)(C)O7)c6)nc5)c4)cn3)c2)OC1(C)C.[Ir+3]. The molecule has 438 valence electrons. The van der Waals surface area contributed by atoms with Gasteiger partial charge in [-0.05, 0) is 185 Å². The van der Waals surface area contributed by atoms with E-state index in [9.17, 15) is 0 Å². The zero-order chi connectivity index (χ0) is 60.7. The predicted molar refractivity (Wildman–Crippen MR) is 352 cm³/mol. The van der Waals surface area contributed by atoms with Crippen LogP contribution in [-0.2, 0) is 48.0 Å². The quantitative estimate of drug-likeness (QED) is 0.0876. The Morgan fingerprint density at radius 2 is 0.511 bits per heavy atom. The average Bonchev–Trinajstić information content (AvgIpc) is 3.26. The van der Waals surface area contributed by atoms with Gasteiger partial charge in [-0.2, -0.15) is 0 Å². The summed E-state index contributed by atoms with van der Waals surface area (Å²) in [7, 11) is -1.48. The Hall–Kier alpha value is -7.41. The van der Waals surface area contributed by atoms with Crippen LogP contribution >= 0.6 is 0 Å². The number of hydrogen-bond donors (Lipinski definition) is 0. The molecule has 3 aromatic heterocycles. The average molecular weight is 1330 g/mol. The summed E-state index contributed by atoms with van der Waals surface area (Å²) in [4.78, 5) is 15.2. The van der Waals surface area contributed by atoms with Crippen molar-refractivity contribution in [2.75, 3.05) is 0 Å². The summed E-state index contributed by atoms with van der Waals surface area (Å²) in [5, 5.41) is 0. The molecule has 0 bridgehead atoms. The first kappa shape index (κ1) is 60.9. The van der Waals surface area contributed by atoms with Crippen LogP contribution in [0.3, 0.4) is 0 Å². The van der Waals surface area contributed by atoms with Gasteiger partial charge in [-0.1, -0.05) is 109 Å². The third kappa shape index (κ3) is 11.5. The second-order valence-corrected chi connectivity index (χ2v) is 26.1. The summed E-state index contributed by atoms with van der Waals surface area (Å²) in [5.74, 6) is 0. The predicted octanol–water partition coefficient (Wildman–Crippen LogP) is 15.2. The molecule has 13 heteroatoms. The minimum atomic E-state index is -0.493. The number of rotatable bonds is 12. The van der Waals surface area contributed by atoms with Gasteiger partial charge in [0.15, 0.2) is 0 Å². The smallest absolute Gasteiger partial charge is 0.400 e. The Morgan fingerprint density at radius 1 is 0.284 bits per heavy atom. The van der Waals surface area contributed by atoms with E-state index in [1.54, 1.807) is 0 Å². The molecule has 0 atom stereocenters. The number of aromatic nitrogens is 3. The molecule has 0 N–H and O–H groups in total. The van der Waals surface area contributed by atoms with E-state index in [0.29, 0.717) is 0 Å². The Labute approximate surface area is 533 Å². The van der Waals surface area contributed by atoms with E-state index in [1.807, 2.05) is 55.0 Å². The maximum Gasteiger partial charge on any atom is 3.00 e. The molecule has 0 unspecified atom stereocenters. The summed E-state index contributed by atoms with van der Waals surface area (Å²) in [6.07, 6.45) is 5.89. The van der Waals surface area contributed by atoms with Crippen LogP contribution in [0.2, 0.25) is 0 Å². The molecular formula is C75H69B3IrN3O6. The van der Waals surface area contributed by atoms with Crippen molar-refractivity contribution in [1.82, 2.24) is 15.0 Å². The molecule has 3 saturated heterocycles. The van der Waals surface area contributed by atoms with Crippen molar-refractivity contribution in [2.24, 2.45) is 0 Å². The van der Waals surface area contributed by atoms with E-state index in [2.05, 4.69) is 247 Å². The molecule has 0 radical (unpaired) electrons. The zero-order valence-electron chi connectivity index (χ0n) is 51.9. The number of hydrogen-bond acceptors (Lipinski definition) is 9. The van der Waals surface area contributed by atoms with Gasteiger partial charge in [-0.15, -0.1) is 106 Å². The molecule has 3 aliphatic heterocycles. The number of benzene rings is 7. The second kappa shape index (κ2) is 23.2. The maximum absolute atomic E-state index is 6.42. The fourth-order valence-electron chi connectivity index (χ4n) is 11.5. The molecule has 0 spiro atoms. The van der Waals surface area contributed by atoms with Crippen LogP contribution in [0.5, 0.6) is 0 Å². The molecule has 0 saturated carbocycles. The van der Waals surface area contributed by atoms with E-state index >= 15 is 0 Å². The van der Waals surface area contributed by atoms with Crippen molar-refractivity contribution in [3.63, 3.8) is 0 Å². The molecule has 3 fully saturated rings. The van der Waals surface area contributed by atoms with Gasteiger partial charge in [0.05, 0.1) is 33.6 Å². The molecule has 0 amide bonds. The maximum atomic E-state index is 6.42. The van der Waals surface area contributed by atoms with E-state index < -0.39 is 55.0 Å². The second-order valence-electron chi connectivity index (χ2n) is 26.1. The van der Waals surface area contributed by atoms with Crippen LogP contribution in [0.4, 0.5) is 0 Å². The molecule has 10 aromatic rings. The van der Waals surface area contributed by atoms with Crippen molar-refractivity contribution < 1.29 is 48.0 Å². The summed E-state index contributed by atoms with van der Waals surface area (Å²) in [6.45, 7) is 24.8. The third-order valence-electron chi connectivity index (χ3n) is 18.8. The molecule has 7 aromatic carbocycles. The van der Waals surface area contributed by atoms with Gasteiger partial charge in [-0.3, -0.25) is 0 Å². The Morgan fingerprint density at radius 3 is 0.727 bits per heavy atom. The molecule has 9 nitrogen and oxygen atoms in total. The number of nitrogens with zero attached hydrogens (tertiary/aromatic N) is 3. The van der Waals surface area contributed by atoms with Crippen LogP contribution in [0.25, 0.3) is 101 Å². The summed E-state index contributed by atoms with van der Waals surface area (Å²) >= 11 is 0. The normalized spacial score (nSPS) is 17.7. The standard InChI is InChI=1S/C75H69B3N3O6.Ir/c1-70(2)71(3,4)83-76(82-70)58-25-19-22-49(43-58)67-37-34-52(46-79-67)61-28-13-16-31-64(61)55-40-56(65-32-17-14-29-62(65)53-35-38-68(80-47-53)50-23-20-26-59(44-50)77-84-72(5,6)73(7,8)85-77)42-57(41-55)66-33-18-15-30-63(66)54-36-39-69(81-48-54)51-24-21-27-60(45-51)78-86-74(9,10)75(11,12)87-78;/h13-21,25-48H,1-12H3;/q-3;+3. The van der Waals surface area contributed by atoms with Crippen LogP contribution < -0.4 is 16.4 Å². The van der Waals surface area contributed by atoms with Crippen molar-refractivity contribution in [3.8, 4) is 101 Å². The van der Waals surface area contributed by atoms with Crippen molar-refractivity contribution in [1.29, 1.82) is 0 Å². The molecule has 88 heavy (non-hydrogen) atoms. The van der Waals surface area contributed by atoms with Gasteiger partial charge in [0.2, 0.25) is 0 Å². The Kier molecular flexibility index (Phi) is 16.0. The van der Waals surface area contributed by atoms with Gasteiger partial charge in [-0.25, -0.2) is 0 Å². The van der Waals surface area contributed by atoms with Gasteiger partial charge in [0.1, 0.15) is 0 Å². The van der Waals surface area contributed by atoms with Gasteiger partial charge >= 0.3 is 41.5 Å². The monoisotopic (exact) mass is 1330 g/mol. The zero-order valence-corrected chi connectivity index (χ0v) is 54.3. The molecule has 0 aliphatic carbocycles. The van der Waals surface area contributed by atoms with Crippen LogP contribution in [0.1, 0.15) is 83.1 Å². The van der Waals surface area contributed by atoms with Crippen LogP contribution in [0, 0.1) is 18.2 Å². The Bertz CT molecular complexity index is 3740. The summed E-state index contributed by atoms with van der Waals surface area (Å²) < 4.78 is 38.5. The Balaban J connectivity index is 0.00000754. The van der Waals surface area contributed by atoms with E-state index in [0.717, 1.165) is 117 Å². The number of pyridine rings is 3. The first-order valence-electron chi connectivity index (χ1n) is 30.0. The fourth-order valence-corrected chi connectivity index (χ4v) is 11.5. The largest absolute Gasteiger partial charge is 3.00 e. The summed E-state index contributed by atoms with van der Waals surface area (Å²) in [6, 6.07) is 73.5. The first-order chi connectivity index (χ1) is 41.5. The van der Waals surface area contributed by atoms with Crippen molar-refractivity contribution in [3.05, 3.63) is 219 Å². The first-order valence-corrected chi connectivity index (χ1v) is 30.0. The molecule has 6 heterocycles.